The van der Waals surface area contributed by atoms with Crippen LogP contribution >= 0.6 is 0 Å². The van der Waals surface area contributed by atoms with E-state index in [1.165, 1.54) is 6.20 Å². The van der Waals surface area contributed by atoms with Crippen LogP contribution in [-0.4, -0.2) is 27.1 Å². The summed E-state index contributed by atoms with van der Waals surface area (Å²) in [6.45, 7) is 0. The van der Waals surface area contributed by atoms with Crippen LogP contribution in [0.4, 0.5) is 4.39 Å². The number of amides is 1. The second-order valence-corrected chi connectivity index (χ2v) is 8.00. The van der Waals surface area contributed by atoms with Crippen molar-refractivity contribution < 1.29 is 24.2 Å². The molecule has 0 fully saturated rings. The summed E-state index contributed by atoms with van der Waals surface area (Å²) in [7, 11) is 0. The minimum absolute atomic E-state index is 0.114. The fourth-order valence-electron chi connectivity index (χ4n) is 4.19. The van der Waals surface area contributed by atoms with E-state index in [9.17, 15) is 24.2 Å². The number of pyridine rings is 1. The molecule has 7 heteroatoms. The van der Waals surface area contributed by atoms with E-state index in [2.05, 4.69) is 10.3 Å². The zero-order chi connectivity index (χ0) is 22.7. The molecule has 1 aliphatic rings. The first-order valence-electron chi connectivity index (χ1n) is 10.5. The smallest absolute Gasteiger partial charge is 0.333 e. The number of allylic oxidation sites excluding steroid dienone is 1. The van der Waals surface area contributed by atoms with Crippen molar-refractivity contribution in [3.63, 3.8) is 0 Å². The van der Waals surface area contributed by atoms with Gasteiger partial charge in [-0.3, -0.25) is 4.79 Å². The molecule has 0 saturated heterocycles. The lowest BCUT2D eigenvalue weighted by molar-refractivity contribution is -0.133. The zero-order valence-electron chi connectivity index (χ0n) is 17.3. The maximum atomic E-state index is 14.0. The van der Waals surface area contributed by atoms with Gasteiger partial charge in [0.25, 0.3) is 0 Å². The summed E-state index contributed by atoms with van der Waals surface area (Å²) in [6, 6.07) is 14.2. The number of fused-ring (bicyclic) bond motifs is 1. The molecule has 0 saturated carbocycles. The van der Waals surface area contributed by atoms with Gasteiger partial charge in [0.2, 0.25) is 11.9 Å². The second-order valence-electron chi connectivity index (χ2n) is 8.00. The summed E-state index contributed by atoms with van der Waals surface area (Å²) in [5.74, 6) is -2.02. The third-order valence-electron chi connectivity index (χ3n) is 5.86. The van der Waals surface area contributed by atoms with Crippen molar-refractivity contribution in [2.24, 2.45) is 0 Å². The van der Waals surface area contributed by atoms with Gasteiger partial charge < -0.3 is 15.5 Å². The summed E-state index contributed by atoms with van der Waals surface area (Å²) in [5.41, 5.74) is 1.89. The van der Waals surface area contributed by atoms with Gasteiger partial charge in [-0.1, -0.05) is 30.3 Å². The third-order valence-corrected chi connectivity index (χ3v) is 5.86. The van der Waals surface area contributed by atoms with Crippen molar-refractivity contribution in [3.8, 4) is 5.75 Å². The summed E-state index contributed by atoms with van der Waals surface area (Å²) in [6.07, 6.45) is 3.10. The number of hydrogen-bond acceptors (Lipinski definition) is 4. The number of nitrogens with zero attached hydrogens (tertiary/aromatic N) is 1. The van der Waals surface area contributed by atoms with Crippen molar-refractivity contribution in [2.75, 3.05) is 0 Å². The van der Waals surface area contributed by atoms with Crippen molar-refractivity contribution in [3.05, 3.63) is 83.1 Å². The molecule has 1 unspecified atom stereocenters. The highest BCUT2D eigenvalue weighted by Gasteiger charge is 2.29. The van der Waals surface area contributed by atoms with Crippen LogP contribution in [0.2, 0.25) is 0 Å². The van der Waals surface area contributed by atoms with Crippen molar-refractivity contribution in [1.29, 1.82) is 0 Å². The minimum atomic E-state index is -1.10. The van der Waals surface area contributed by atoms with E-state index in [-0.39, 0.29) is 36.0 Å². The maximum absolute atomic E-state index is 14.0. The van der Waals surface area contributed by atoms with Crippen LogP contribution in [0.5, 0.6) is 5.75 Å². The number of aromatic hydroxyl groups is 1. The number of carboxylic acid groups (broad SMARTS) is 1. The number of phenols is 1. The van der Waals surface area contributed by atoms with E-state index in [4.69, 9.17) is 0 Å². The number of carboxylic acids is 1. The van der Waals surface area contributed by atoms with Crippen LogP contribution < -0.4 is 5.32 Å². The quantitative estimate of drug-likeness (QED) is 0.498. The first-order valence-corrected chi connectivity index (χ1v) is 10.5. The summed E-state index contributed by atoms with van der Waals surface area (Å²) in [5, 5.41) is 23.9. The lowest BCUT2D eigenvalue weighted by Gasteiger charge is -2.26. The van der Waals surface area contributed by atoms with Gasteiger partial charge in [0.15, 0.2) is 0 Å². The molecule has 1 heterocycles. The number of carbonyl (C=O) groups excluding carboxylic acids is 1. The summed E-state index contributed by atoms with van der Waals surface area (Å²) < 4.78 is 14.0. The predicted molar refractivity (Wildman–Crippen MR) is 118 cm³/mol. The van der Waals surface area contributed by atoms with Crippen LogP contribution in [0.15, 0.2) is 66.0 Å². The zero-order valence-corrected chi connectivity index (χ0v) is 17.3. The average molecular weight is 434 g/mol. The van der Waals surface area contributed by atoms with Crippen LogP contribution in [0.25, 0.3) is 10.8 Å². The molecule has 3 aromatic rings. The maximum Gasteiger partial charge on any atom is 0.333 e. The van der Waals surface area contributed by atoms with Crippen molar-refractivity contribution in [1.82, 2.24) is 10.3 Å². The Balaban J connectivity index is 1.42. The summed E-state index contributed by atoms with van der Waals surface area (Å²) in [4.78, 5) is 28.0. The standard InChI is InChI=1S/C25H23FN2O4/c26-24-20(2-1-11-27-24)18-7-9-22(21(14-18)25(31)32)28-23(30)10-4-15-3-5-17-13-19(29)8-6-16(17)12-15/h1-3,5-6,8,11-13,18,29H,4,7,9-10,14H2,(H,28,30)(H,31,32). The Morgan fingerprint density at radius 1 is 1.12 bits per heavy atom. The number of carbonyl (C=O) groups is 2. The van der Waals surface area contributed by atoms with E-state index < -0.39 is 11.9 Å². The van der Waals surface area contributed by atoms with Crippen LogP contribution in [0.3, 0.4) is 0 Å². The van der Waals surface area contributed by atoms with Gasteiger partial charge in [0.1, 0.15) is 5.75 Å². The normalized spacial score (nSPS) is 16.2. The van der Waals surface area contributed by atoms with Gasteiger partial charge in [0.05, 0.1) is 5.57 Å². The molecule has 4 rings (SSSR count). The lowest BCUT2D eigenvalue weighted by atomic mass is 9.82. The topological polar surface area (TPSA) is 99.5 Å². The Labute approximate surface area is 184 Å². The van der Waals surface area contributed by atoms with Gasteiger partial charge in [-0.05, 0) is 66.1 Å². The Morgan fingerprint density at radius 3 is 2.69 bits per heavy atom. The molecule has 0 aliphatic heterocycles. The molecular formula is C25H23FN2O4. The van der Waals surface area contributed by atoms with Gasteiger partial charge in [-0.25, -0.2) is 9.78 Å². The Morgan fingerprint density at radius 2 is 1.91 bits per heavy atom. The SMILES string of the molecule is O=C(CCc1ccc2cc(O)ccc2c1)NC1=C(C(=O)O)CC(c2cccnc2F)CC1. The third kappa shape index (κ3) is 4.77. The van der Waals surface area contributed by atoms with Gasteiger partial charge in [0, 0.05) is 23.9 Å². The van der Waals surface area contributed by atoms with E-state index >= 15 is 0 Å². The van der Waals surface area contributed by atoms with Gasteiger partial charge >= 0.3 is 5.97 Å². The van der Waals surface area contributed by atoms with Crippen molar-refractivity contribution in [2.45, 2.75) is 38.0 Å². The Bertz CT molecular complexity index is 1220. The van der Waals surface area contributed by atoms with Gasteiger partial charge in [-0.2, -0.15) is 4.39 Å². The van der Waals surface area contributed by atoms with E-state index in [1.54, 1.807) is 24.3 Å². The number of rotatable bonds is 6. The largest absolute Gasteiger partial charge is 0.508 e. The molecule has 1 atom stereocenters. The number of halogens is 1. The first kappa shape index (κ1) is 21.5. The minimum Gasteiger partial charge on any atom is -0.508 e. The molecule has 0 radical (unpaired) electrons. The molecular weight excluding hydrogens is 411 g/mol. The van der Waals surface area contributed by atoms with E-state index in [0.717, 1.165) is 16.3 Å². The molecule has 2 aromatic carbocycles. The highest BCUT2D eigenvalue weighted by molar-refractivity contribution is 5.90. The van der Waals surface area contributed by atoms with Crippen LogP contribution in [0, 0.1) is 5.95 Å². The number of phenolic OH excluding ortho intramolecular Hbond substituents is 1. The number of hydrogen-bond donors (Lipinski definition) is 3. The molecule has 1 aromatic heterocycles. The molecule has 0 bridgehead atoms. The molecule has 3 N–H and O–H groups in total. The average Bonchev–Trinajstić information content (AvgIpc) is 2.78. The highest BCUT2D eigenvalue weighted by Crippen LogP contribution is 2.36. The second kappa shape index (κ2) is 9.18. The lowest BCUT2D eigenvalue weighted by Crippen LogP contribution is -2.29. The molecule has 6 nitrogen and oxygen atoms in total. The van der Waals surface area contributed by atoms with Gasteiger partial charge in [-0.15, -0.1) is 0 Å². The highest BCUT2D eigenvalue weighted by atomic mass is 19.1. The number of aryl methyl sites for hydroxylation is 1. The molecule has 1 aliphatic carbocycles. The van der Waals surface area contributed by atoms with E-state index in [1.807, 2.05) is 24.3 Å². The summed E-state index contributed by atoms with van der Waals surface area (Å²) >= 11 is 0. The predicted octanol–water partition coefficient (Wildman–Crippen LogP) is 4.43. The monoisotopic (exact) mass is 434 g/mol. The Hall–Kier alpha value is -3.74. The first-order chi connectivity index (χ1) is 15.4. The fraction of sp³-hybridized carbons (Fsp3) is 0.240. The Kier molecular flexibility index (Phi) is 6.16. The number of aliphatic carboxylic acids is 1. The molecule has 32 heavy (non-hydrogen) atoms. The number of benzene rings is 2. The van der Waals surface area contributed by atoms with Crippen molar-refractivity contribution >= 4 is 22.6 Å². The molecule has 0 spiro atoms. The van der Waals surface area contributed by atoms with Crippen LogP contribution in [-0.2, 0) is 16.0 Å². The molecule has 164 valence electrons. The number of aromatic nitrogens is 1. The number of nitrogens with one attached hydrogen (secondary N) is 1. The van der Waals surface area contributed by atoms with E-state index in [0.29, 0.717) is 30.5 Å². The fourth-order valence-corrected chi connectivity index (χ4v) is 4.19. The van der Waals surface area contributed by atoms with Crippen LogP contribution in [0.1, 0.15) is 42.7 Å². The molecule has 1 amide bonds.